The minimum atomic E-state index is -1.07. The minimum absolute atomic E-state index is 0.309. The van der Waals surface area contributed by atoms with E-state index in [1.165, 1.54) is 18.4 Å². The molecule has 4 heteroatoms. The number of benzene rings is 1. The van der Waals surface area contributed by atoms with Crippen LogP contribution in [0.1, 0.15) is 11.1 Å². The number of fused-ring (bicyclic) bond motifs is 1. The first-order valence-corrected chi connectivity index (χ1v) is 5.70. The second kappa shape index (κ2) is 4.75. The number of ether oxygens (including phenoxy) is 1. The number of nitrogens with zero attached hydrogens (tertiary/aromatic N) is 1. The smallest absolute Gasteiger partial charge is 0.335 e. The Labute approximate surface area is 101 Å². The van der Waals surface area contributed by atoms with Crippen LogP contribution in [0.15, 0.2) is 18.2 Å². The number of aliphatic hydroxyl groups excluding tert-OH is 1. The fourth-order valence-electron chi connectivity index (χ4n) is 2.19. The number of aliphatic hydroxyl groups is 1. The summed E-state index contributed by atoms with van der Waals surface area (Å²) in [5.74, 6) is -0.581. The number of hydrogen-bond donors (Lipinski definition) is 1. The fraction of sp³-hybridized carbons (Fsp3) is 0.462. The Hall–Kier alpha value is -1.55. The van der Waals surface area contributed by atoms with Gasteiger partial charge < -0.3 is 14.7 Å². The van der Waals surface area contributed by atoms with Crippen LogP contribution in [-0.2, 0) is 22.4 Å². The standard InChI is InChI=1S/C13H17NO3/c1-14-6-5-10-7-9(3-4-11(10)14)8-12(15)13(16)17-2/h3-4,7,12,15H,5-6,8H2,1-2H3. The molecule has 1 aromatic rings. The normalized spacial score (nSPS) is 15.6. The topological polar surface area (TPSA) is 49.8 Å². The van der Waals surface area contributed by atoms with E-state index in [0.29, 0.717) is 6.42 Å². The lowest BCUT2D eigenvalue weighted by molar-refractivity contribution is -0.150. The molecule has 17 heavy (non-hydrogen) atoms. The van der Waals surface area contributed by atoms with Gasteiger partial charge in [-0.3, -0.25) is 0 Å². The summed E-state index contributed by atoms with van der Waals surface area (Å²) in [4.78, 5) is 13.3. The molecule has 1 heterocycles. The van der Waals surface area contributed by atoms with Gasteiger partial charge in [-0.2, -0.15) is 0 Å². The predicted molar refractivity (Wildman–Crippen MR) is 65.1 cm³/mol. The average Bonchev–Trinajstić information content (AvgIpc) is 2.69. The van der Waals surface area contributed by atoms with Crippen molar-refractivity contribution in [3.63, 3.8) is 0 Å². The SMILES string of the molecule is COC(=O)C(O)Cc1ccc2c(c1)CCN2C. The molecule has 0 saturated carbocycles. The van der Waals surface area contributed by atoms with Crippen LogP contribution < -0.4 is 4.90 Å². The molecule has 1 aromatic carbocycles. The molecule has 0 bridgehead atoms. The lowest BCUT2D eigenvalue weighted by atomic mass is 10.0. The number of anilines is 1. The van der Waals surface area contributed by atoms with E-state index in [0.717, 1.165) is 18.5 Å². The molecule has 1 aliphatic rings. The minimum Gasteiger partial charge on any atom is -0.467 e. The van der Waals surface area contributed by atoms with Gasteiger partial charge in [0.05, 0.1) is 7.11 Å². The molecule has 0 radical (unpaired) electrons. The second-order valence-corrected chi connectivity index (χ2v) is 4.38. The van der Waals surface area contributed by atoms with Gasteiger partial charge in [-0.1, -0.05) is 12.1 Å². The molecule has 92 valence electrons. The Bertz CT molecular complexity index is 431. The molecule has 0 aromatic heterocycles. The van der Waals surface area contributed by atoms with Crippen LogP contribution >= 0.6 is 0 Å². The van der Waals surface area contributed by atoms with Gasteiger partial charge in [0.2, 0.25) is 0 Å². The summed E-state index contributed by atoms with van der Waals surface area (Å²) < 4.78 is 4.50. The van der Waals surface area contributed by atoms with E-state index >= 15 is 0 Å². The molecule has 0 spiro atoms. The van der Waals surface area contributed by atoms with Crippen LogP contribution in [0.25, 0.3) is 0 Å². The molecule has 0 saturated heterocycles. The van der Waals surface area contributed by atoms with E-state index in [1.54, 1.807) is 0 Å². The van der Waals surface area contributed by atoms with Gasteiger partial charge in [0.25, 0.3) is 0 Å². The summed E-state index contributed by atoms with van der Waals surface area (Å²) in [5, 5.41) is 9.59. The summed E-state index contributed by atoms with van der Waals surface area (Å²) in [6.07, 6.45) is 0.259. The summed E-state index contributed by atoms with van der Waals surface area (Å²) in [6, 6.07) is 6.06. The van der Waals surface area contributed by atoms with Crippen molar-refractivity contribution in [2.75, 3.05) is 25.6 Å². The highest BCUT2D eigenvalue weighted by Gasteiger charge is 2.19. The molecule has 0 fully saturated rings. The Morgan fingerprint density at radius 1 is 1.59 bits per heavy atom. The second-order valence-electron chi connectivity index (χ2n) is 4.38. The fourth-order valence-corrected chi connectivity index (χ4v) is 2.19. The highest BCUT2D eigenvalue weighted by molar-refractivity contribution is 5.74. The van der Waals surface area contributed by atoms with Crippen molar-refractivity contribution < 1.29 is 14.6 Å². The third-order valence-corrected chi connectivity index (χ3v) is 3.17. The predicted octanol–water partition coefficient (Wildman–Crippen LogP) is 0.755. The van der Waals surface area contributed by atoms with Crippen LogP contribution in [0.3, 0.4) is 0 Å². The monoisotopic (exact) mass is 235 g/mol. The van der Waals surface area contributed by atoms with E-state index < -0.39 is 12.1 Å². The Balaban J connectivity index is 2.11. The maximum atomic E-state index is 11.1. The van der Waals surface area contributed by atoms with Crippen molar-refractivity contribution in [3.05, 3.63) is 29.3 Å². The molecule has 1 aliphatic heterocycles. The number of likely N-dealkylation sites (N-methyl/N-ethyl adjacent to an activating group) is 1. The summed E-state index contributed by atoms with van der Waals surface area (Å²) in [6.45, 7) is 1.03. The van der Waals surface area contributed by atoms with Gasteiger partial charge >= 0.3 is 5.97 Å². The molecule has 1 atom stereocenters. The van der Waals surface area contributed by atoms with Gasteiger partial charge in [-0.15, -0.1) is 0 Å². The van der Waals surface area contributed by atoms with Crippen molar-refractivity contribution in [2.45, 2.75) is 18.9 Å². The molecular weight excluding hydrogens is 218 g/mol. The molecule has 0 amide bonds. The quantitative estimate of drug-likeness (QED) is 0.786. The molecule has 4 nitrogen and oxygen atoms in total. The third-order valence-electron chi connectivity index (χ3n) is 3.17. The van der Waals surface area contributed by atoms with Crippen molar-refractivity contribution in [1.82, 2.24) is 0 Å². The highest BCUT2D eigenvalue weighted by atomic mass is 16.5. The van der Waals surface area contributed by atoms with Crippen molar-refractivity contribution >= 4 is 11.7 Å². The highest BCUT2D eigenvalue weighted by Crippen LogP contribution is 2.27. The van der Waals surface area contributed by atoms with E-state index in [4.69, 9.17) is 0 Å². The molecule has 0 aliphatic carbocycles. The first-order valence-electron chi connectivity index (χ1n) is 5.70. The van der Waals surface area contributed by atoms with Gasteiger partial charge in [0.15, 0.2) is 6.10 Å². The Kier molecular flexibility index (Phi) is 3.33. The Morgan fingerprint density at radius 3 is 3.06 bits per heavy atom. The molecular formula is C13H17NO3. The van der Waals surface area contributed by atoms with Gasteiger partial charge in [-0.25, -0.2) is 4.79 Å². The maximum Gasteiger partial charge on any atom is 0.335 e. The largest absolute Gasteiger partial charge is 0.467 e. The molecule has 2 rings (SSSR count). The van der Waals surface area contributed by atoms with Crippen LogP contribution in [0, 0.1) is 0 Å². The lowest BCUT2D eigenvalue weighted by Gasteiger charge is -2.13. The van der Waals surface area contributed by atoms with E-state index in [-0.39, 0.29) is 0 Å². The average molecular weight is 235 g/mol. The number of carbonyl (C=O) groups excluding carboxylic acids is 1. The number of rotatable bonds is 3. The molecule has 1 N–H and O–H groups in total. The van der Waals surface area contributed by atoms with E-state index in [1.807, 2.05) is 12.1 Å². The lowest BCUT2D eigenvalue weighted by Crippen LogP contribution is -2.24. The number of hydrogen-bond acceptors (Lipinski definition) is 4. The maximum absolute atomic E-state index is 11.1. The first-order chi connectivity index (χ1) is 8.11. The van der Waals surface area contributed by atoms with Gasteiger partial charge in [-0.05, 0) is 23.6 Å². The van der Waals surface area contributed by atoms with E-state index in [2.05, 4.69) is 22.8 Å². The van der Waals surface area contributed by atoms with Gasteiger partial charge in [0, 0.05) is 25.7 Å². The van der Waals surface area contributed by atoms with Crippen molar-refractivity contribution in [2.24, 2.45) is 0 Å². The zero-order valence-corrected chi connectivity index (χ0v) is 10.1. The van der Waals surface area contributed by atoms with E-state index in [9.17, 15) is 9.90 Å². The number of carbonyl (C=O) groups is 1. The third kappa shape index (κ3) is 2.42. The summed E-state index contributed by atoms with van der Waals surface area (Å²) in [5.41, 5.74) is 3.49. The van der Waals surface area contributed by atoms with Crippen molar-refractivity contribution in [1.29, 1.82) is 0 Å². The van der Waals surface area contributed by atoms with Crippen LogP contribution in [0.4, 0.5) is 5.69 Å². The first kappa shape index (κ1) is 11.9. The van der Waals surface area contributed by atoms with Crippen LogP contribution in [0.5, 0.6) is 0 Å². The molecule has 1 unspecified atom stereocenters. The van der Waals surface area contributed by atoms with Crippen LogP contribution in [0.2, 0.25) is 0 Å². The zero-order valence-electron chi connectivity index (χ0n) is 10.1. The summed E-state index contributed by atoms with van der Waals surface area (Å²) in [7, 11) is 3.35. The number of esters is 1. The Morgan fingerprint density at radius 2 is 2.35 bits per heavy atom. The summed E-state index contributed by atoms with van der Waals surface area (Å²) >= 11 is 0. The zero-order chi connectivity index (χ0) is 12.4. The van der Waals surface area contributed by atoms with Crippen molar-refractivity contribution in [3.8, 4) is 0 Å². The number of methoxy groups -OCH3 is 1. The van der Waals surface area contributed by atoms with Gasteiger partial charge in [0.1, 0.15) is 0 Å². The van der Waals surface area contributed by atoms with Crippen LogP contribution in [-0.4, -0.2) is 37.9 Å².